The molecule has 0 atom stereocenters. The molecule has 2 nitrogen and oxygen atoms in total. The van der Waals surface area contributed by atoms with Gasteiger partial charge in [-0.15, -0.1) is 0 Å². The van der Waals surface area contributed by atoms with Crippen molar-refractivity contribution >= 4 is 10.8 Å². The summed E-state index contributed by atoms with van der Waals surface area (Å²) >= 11 is 0. The summed E-state index contributed by atoms with van der Waals surface area (Å²) in [6.45, 7) is 2.05. The van der Waals surface area contributed by atoms with Crippen LogP contribution in [0.25, 0.3) is 10.8 Å². The van der Waals surface area contributed by atoms with Gasteiger partial charge in [0.2, 0.25) is 0 Å². The van der Waals surface area contributed by atoms with Crippen molar-refractivity contribution in [1.29, 1.82) is 0 Å². The molecule has 0 fully saturated rings. The summed E-state index contributed by atoms with van der Waals surface area (Å²) < 4.78 is 5.28. The number of hydrogen-bond donors (Lipinski definition) is 0. The number of benzene rings is 1. The molecule has 2 aromatic rings. The van der Waals surface area contributed by atoms with Crippen molar-refractivity contribution in [3.05, 3.63) is 36.2 Å². The van der Waals surface area contributed by atoms with Gasteiger partial charge in [-0.3, -0.25) is 4.98 Å². The van der Waals surface area contributed by atoms with E-state index in [1.807, 2.05) is 18.3 Å². The van der Waals surface area contributed by atoms with Crippen molar-refractivity contribution in [2.24, 2.45) is 0 Å². The maximum absolute atomic E-state index is 5.28. The lowest BCUT2D eigenvalue weighted by molar-refractivity contribution is 0.419. The first-order valence-electron chi connectivity index (χ1n) is 4.19. The predicted molar refractivity (Wildman–Crippen MR) is 53.0 cm³/mol. The van der Waals surface area contributed by atoms with Gasteiger partial charge in [0, 0.05) is 23.2 Å². The summed E-state index contributed by atoms with van der Waals surface area (Å²) in [5.74, 6) is 0.914. The van der Waals surface area contributed by atoms with E-state index in [-0.39, 0.29) is 0 Å². The van der Waals surface area contributed by atoms with Gasteiger partial charge in [0.15, 0.2) is 0 Å². The first-order chi connectivity index (χ1) is 6.31. The van der Waals surface area contributed by atoms with Crippen LogP contribution in [0.3, 0.4) is 0 Å². The van der Waals surface area contributed by atoms with Crippen LogP contribution in [0.2, 0.25) is 0 Å². The van der Waals surface area contributed by atoms with Crippen molar-refractivity contribution in [3.8, 4) is 5.75 Å². The van der Waals surface area contributed by atoms with Gasteiger partial charge in [-0.25, -0.2) is 0 Å². The molecule has 2 rings (SSSR count). The van der Waals surface area contributed by atoms with E-state index in [0.29, 0.717) is 0 Å². The van der Waals surface area contributed by atoms with E-state index in [0.717, 1.165) is 16.5 Å². The SMILES string of the molecule is COc1cc(C)cc2cnccc12. The lowest BCUT2D eigenvalue weighted by atomic mass is 10.1. The zero-order chi connectivity index (χ0) is 9.26. The summed E-state index contributed by atoms with van der Waals surface area (Å²) in [6.07, 6.45) is 3.63. The Hall–Kier alpha value is -1.57. The van der Waals surface area contributed by atoms with Gasteiger partial charge in [-0.1, -0.05) is 0 Å². The Morgan fingerprint density at radius 3 is 2.92 bits per heavy atom. The highest BCUT2D eigenvalue weighted by molar-refractivity contribution is 5.88. The van der Waals surface area contributed by atoms with E-state index >= 15 is 0 Å². The first-order valence-corrected chi connectivity index (χ1v) is 4.19. The van der Waals surface area contributed by atoms with Gasteiger partial charge in [-0.2, -0.15) is 0 Å². The third-order valence-corrected chi connectivity index (χ3v) is 2.08. The molecule has 1 aromatic carbocycles. The highest BCUT2D eigenvalue weighted by Gasteiger charge is 2.01. The van der Waals surface area contributed by atoms with E-state index in [4.69, 9.17) is 4.74 Å². The molecule has 0 bridgehead atoms. The van der Waals surface area contributed by atoms with Gasteiger partial charge >= 0.3 is 0 Å². The summed E-state index contributed by atoms with van der Waals surface area (Å²) in [4.78, 5) is 4.07. The standard InChI is InChI=1S/C11H11NO/c1-8-5-9-7-12-4-3-10(9)11(6-8)13-2/h3-7H,1-2H3. The fraction of sp³-hybridized carbons (Fsp3) is 0.182. The molecule has 66 valence electrons. The van der Waals surface area contributed by atoms with Crippen molar-refractivity contribution in [1.82, 2.24) is 4.98 Å². The molecule has 0 N–H and O–H groups in total. The fourth-order valence-corrected chi connectivity index (χ4v) is 1.49. The zero-order valence-corrected chi connectivity index (χ0v) is 7.74. The maximum atomic E-state index is 5.28. The molecule has 13 heavy (non-hydrogen) atoms. The Kier molecular flexibility index (Phi) is 1.89. The topological polar surface area (TPSA) is 22.1 Å². The zero-order valence-electron chi connectivity index (χ0n) is 7.74. The molecule has 0 spiro atoms. The number of fused-ring (bicyclic) bond motifs is 1. The van der Waals surface area contributed by atoms with Crippen LogP contribution < -0.4 is 4.74 Å². The number of methoxy groups -OCH3 is 1. The minimum absolute atomic E-state index is 0.914. The molecule has 1 aromatic heterocycles. The first kappa shape index (κ1) is 8.05. The molecule has 0 radical (unpaired) electrons. The molecule has 1 heterocycles. The quantitative estimate of drug-likeness (QED) is 0.661. The number of pyridine rings is 1. The molecule has 0 saturated heterocycles. The van der Waals surface area contributed by atoms with Crippen LogP contribution in [0.1, 0.15) is 5.56 Å². The summed E-state index contributed by atoms with van der Waals surface area (Å²) in [7, 11) is 1.69. The van der Waals surface area contributed by atoms with E-state index < -0.39 is 0 Å². The largest absolute Gasteiger partial charge is 0.496 e. The summed E-state index contributed by atoms with van der Waals surface area (Å²) in [5, 5.41) is 2.24. The lowest BCUT2D eigenvalue weighted by Crippen LogP contribution is -1.86. The van der Waals surface area contributed by atoms with Gasteiger partial charge < -0.3 is 4.74 Å². The average Bonchev–Trinajstić information content (AvgIpc) is 2.16. The van der Waals surface area contributed by atoms with Gasteiger partial charge in [0.1, 0.15) is 5.75 Å². The monoisotopic (exact) mass is 173 g/mol. The summed E-state index contributed by atoms with van der Waals surface area (Å²) in [6, 6.07) is 6.10. The second kappa shape index (κ2) is 3.05. The number of aryl methyl sites for hydroxylation is 1. The van der Waals surface area contributed by atoms with Crippen LogP contribution >= 0.6 is 0 Å². The highest BCUT2D eigenvalue weighted by Crippen LogP contribution is 2.25. The highest BCUT2D eigenvalue weighted by atomic mass is 16.5. The Balaban J connectivity index is 2.81. The molecular formula is C11H11NO. The van der Waals surface area contributed by atoms with Gasteiger partial charge in [-0.05, 0) is 30.7 Å². The minimum atomic E-state index is 0.914. The number of hydrogen-bond acceptors (Lipinski definition) is 2. The Bertz CT molecular complexity index is 437. The van der Waals surface area contributed by atoms with Crippen LogP contribution in [0.4, 0.5) is 0 Å². The second-order valence-electron chi connectivity index (χ2n) is 3.06. The molecular weight excluding hydrogens is 162 g/mol. The number of nitrogens with zero attached hydrogens (tertiary/aromatic N) is 1. The fourth-order valence-electron chi connectivity index (χ4n) is 1.49. The molecule has 0 aliphatic carbocycles. The van der Waals surface area contributed by atoms with Crippen molar-refractivity contribution in [2.75, 3.05) is 7.11 Å². The van der Waals surface area contributed by atoms with Crippen LogP contribution in [-0.4, -0.2) is 12.1 Å². The predicted octanol–water partition coefficient (Wildman–Crippen LogP) is 2.55. The van der Waals surface area contributed by atoms with E-state index in [1.54, 1.807) is 13.3 Å². The normalized spacial score (nSPS) is 10.3. The van der Waals surface area contributed by atoms with Crippen molar-refractivity contribution in [2.45, 2.75) is 6.92 Å². The Morgan fingerprint density at radius 1 is 1.31 bits per heavy atom. The second-order valence-corrected chi connectivity index (χ2v) is 3.06. The molecule has 2 heteroatoms. The van der Waals surface area contributed by atoms with Gasteiger partial charge in [0.05, 0.1) is 7.11 Å². The average molecular weight is 173 g/mol. The third kappa shape index (κ3) is 1.35. The van der Waals surface area contributed by atoms with Crippen molar-refractivity contribution < 1.29 is 4.74 Å². The number of aromatic nitrogens is 1. The molecule has 0 aliphatic heterocycles. The van der Waals surface area contributed by atoms with Crippen LogP contribution in [-0.2, 0) is 0 Å². The van der Waals surface area contributed by atoms with E-state index in [1.165, 1.54) is 5.56 Å². The molecule has 0 aliphatic rings. The van der Waals surface area contributed by atoms with Crippen LogP contribution in [0.15, 0.2) is 30.6 Å². The van der Waals surface area contributed by atoms with Crippen LogP contribution in [0, 0.1) is 6.92 Å². The van der Waals surface area contributed by atoms with Gasteiger partial charge in [0.25, 0.3) is 0 Å². The Morgan fingerprint density at radius 2 is 2.15 bits per heavy atom. The minimum Gasteiger partial charge on any atom is -0.496 e. The smallest absolute Gasteiger partial charge is 0.127 e. The van der Waals surface area contributed by atoms with Crippen molar-refractivity contribution in [3.63, 3.8) is 0 Å². The summed E-state index contributed by atoms with van der Waals surface area (Å²) in [5.41, 5.74) is 1.19. The molecule has 0 amide bonds. The Labute approximate surface area is 77.2 Å². The molecule has 0 unspecified atom stereocenters. The van der Waals surface area contributed by atoms with Crippen LogP contribution in [0.5, 0.6) is 5.75 Å². The third-order valence-electron chi connectivity index (χ3n) is 2.08. The molecule has 0 saturated carbocycles. The maximum Gasteiger partial charge on any atom is 0.127 e. The van der Waals surface area contributed by atoms with E-state index in [2.05, 4.69) is 18.0 Å². The number of rotatable bonds is 1. The van der Waals surface area contributed by atoms with E-state index in [9.17, 15) is 0 Å². The number of ether oxygens (including phenoxy) is 1. The lowest BCUT2D eigenvalue weighted by Gasteiger charge is -2.05.